The lowest BCUT2D eigenvalue weighted by atomic mass is 10.0. The molecule has 2 atom stereocenters. The normalized spacial score (nSPS) is 19.8. The lowest BCUT2D eigenvalue weighted by Gasteiger charge is -2.28. The van der Waals surface area contributed by atoms with Gasteiger partial charge in [-0.15, -0.1) is 0 Å². The number of nitrogens with one attached hydrogen (secondary N) is 1. The number of benzene rings is 2. The van der Waals surface area contributed by atoms with Crippen LogP contribution in [0.1, 0.15) is 36.4 Å². The van der Waals surface area contributed by atoms with Crippen LogP contribution in [0.25, 0.3) is 0 Å². The van der Waals surface area contributed by atoms with E-state index in [0.29, 0.717) is 12.3 Å². The summed E-state index contributed by atoms with van der Waals surface area (Å²) in [5.74, 6) is -0.744. The van der Waals surface area contributed by atoms with Crippen molar-refractivity contribution in [3.63, 3.8) is 0 Å². The van der Waals surface area contributed by atoms with Crippen LogP contribution in [0.2, 0.25) is 0 Å². The quantitative estimate of drug-likeness (QED) is 0.721. The minimum Gasteiger partial charge on any atom is -0.368 e. The summed E-state index contributed by atoms with van der Waals surface area (Å²) in [6.07, 6.45) is 2.56. The van der Waals surface area contributed by atoms with Crippen LogP contribution in [0.3, 0.4) is 0 Å². The molecule has 31 heavy (non-hydrogen) atoms. The van der Waals surface area contributed by atoms with Crippen molar-refractivity contribution in [2.24, 2.45) is 10.8 Å². The Morgan fingerprint density at radius 1 is 1.10 bits per heavy atom. The van der Waals surface area contributed by atoms with Crippen molar-refractivity contribution in [1.82, 2.24) is 10.2 Å². The number of para-hydroxylation sites is 1. The maximum atomic E-state index is 13.0. The number of hydrazone groups is 1. The summed E-state index contributed by atoms with van der Waals surface area (Å²) < 4.78 is 0. The van der Waals surface area contributed by atoms with Gasteiger partial charge in [-0.05, 0) is 50.6 Å². The highest BCUT2D eigenvalue weighted by atomic mass is 16.2. The molecular formula is C24H29N5O2. The molecule has 2 aromatic rings. The van der Waals surface area contributed by atoms with E-state index in [-0.39, 0.29) is 18.4 Å². The van der Waals surface area contributed by atoms with E-state index in [4.69, 9.17) is 5.73 Å². The van der Waals surface area contributed by atoms with Crippen molar-refractivity contribution in [3.8, 4) is 0 Å². The molecule has 2 aliphatic rings. The number of hydrogen-bond acceptors (Lipinski definition) is 5. The predicted molar refractivity (Wildman–Crippen MR) is 122 cm³/mol. The summed E-state index contributed by atoms with van der Waals surface area (Å²) in [6, 6.07) is 17.3. The standard InChI is InChI=1S/C24H29N5O2/c1-17-9-11-18(12-10-17)22(28-13-5-6-14-28)16-26-24(31)20-15-21(23(25)30)29(27-20)19-7-3-2-4-8-19/h2-4,7-12,21-22H,5-6,13-16H2,1H3,(H2,25,30)(H,26,31). The van der Waals surface area contributed by atoms with E-state index < -0.39 is 11.9 Å². The summed E-state index contributed by atoms with van der Waals surface area (Å²) in [6.45, 7) is 4.62. The van der Waals surface area contributed by atoms with Crippen molar-refractivity contribution in [1.29, 1.82) is 0 Å². The molecule has 3 N–H and O–H groups in total. The van der Waals surface area contributed by atoms with Gasteiger partial charge in [-0.25, -0.2) is 0 Å². The van der Waals surface area contributed by atoms with E-state index in [2.05, 4.69) is 46.5 Å². The SMILES string of the molecule is Cc1ccc(C(CNC(=O)C2=NN(c3ccccc3)C(C(N)=O)C2)N2CCCC2)cc1. The number of likely N-dealkylation sites (tertiary alicyclic amines) is 1. The third-order valence-corrected chi connectivity index (χ3v) is 6.02. The van der Waals surface area contributed by atoms with Crippen LogP contribution in [0, 0.1) is 6.92 Å². The molecule has 2 amide bonds. The number of rotatable bonds is 7. The van der Waals surface area contributed by atoms with Crippen molar-refractivity contribution in [2.75, 3.05) is 24.6 Å². The zero-order valence-electron chi connectivity index (χ0n) is 17.8. The minimum atomic E-state index is -0.658. The van der Waals surface area contributed by atoms with E-state index >= 15 is 0 Å². The Labute approximate surface area is 182 Å². The molecule has 1 saturated heterocycles. The van der Waals surface area contributed by atoms with Crippen LogP contribution in [0.4, 0.5) is 5.69 Å². The molecule has 4 rings (SSSR count). The topological polar surface area (TPSA) is 91.0 Å². The van der Waals surface area contributed by atoms with Crippen LogP contribution in [0.5, 0.6) is 0 Å². The van der Waals surface area contributed by atoms with Gasteiger partial charge >= 0.3 is 0 Å². The second-order valence-corrected chi connectivity index (χ2v) is 8.23. The van der Waals surface area contributed by atoms with Crippen LogP contribution >= 0.6 is 0 Å². The van der Waals surface area contributed by atoms with Crippen LogP contribution in [-0.2, 0) is 9.59 Å². The maximum Gasteiger partial charge on any atom is 0.267 e. The van der Waals surface area contributed by atoms with Crippen LogP contribution in [-0.4, -0.2) is 48.1 Å². The number of amides is 2. The van der Waals surface area contributed by atoms with Gasteiger partial charge in [-0.3, -0.25) is 19.5 Å². The molecule has 0 radical (unpaired) electrons. The summed E-state index contributed by atoms with van der Waals surface area (Å²) >= 11 is 0. The number of aryl methyl sites for hydroxylation is 1. The number of carbonyl (C=O) groups excluding carboxylic acids is 2. The molecule has 0 aromatic heterocycles. The van der Waals surface area contributed by atoms with Gasteiger partial charge in [-0.1, -0.05) is 48.0 Å². The van der Waals surface area contributed by atoms with E-state index in [9.17, 15) is 9.59 Å². The second-order valence-electron chi connectivity index (χ2n) is 8.23. The lowest BCUT2D eigenvalue weighted by molar-refractivity contribution is -0.119. The van der Waals surface area contributed by atoms with E-state index in [1.165, 1.54) is 24.0 Å². The monoisotopic (exact) mass is 419 g/mol. The van der Waals surface area contributed by atoms with Crippen molar-refractivity contribution in [2.45, 2.75) is 38.3 Å². The fourth-order valence-electron chi connectivity index (χ4n) is 4.28. The first-order valence-electron chi connectivity index (χ1n) is 10.8. The third-order valence-electron chi connectivity index (χ3n) is 6.02. The first kappa shape index (κ1) is 21.1. The van der Waals surface area contributed by atoms with Gasteiger partial charge in [0.05, 0.1) is 11.7 Å². The molecular weight excluding hydrogens is 390 g/mol. The smallest absolute Gasteiger partial charge is 0.267 e. The van der Waals surface area contributed by atoms with Crippen LogP contribution in [0.15, 0.2) is 59.7 Å². The van der Waals surface area contributed by atoms with Crippen molar-refractivity contribution < 1.29 is 9.59 Å². The number of anilines is 1. The molecule has 2 aromatic carbocycles. The first-order chi connectivity index (χ1) is 15.0. The largest absolute Gasteiger partial charge is 0.368 e. The number of nitrogens with two attached hydrogens (primary N) is 1. The Kier molecular flexibility index (Phi) is 6.32. The zero-order chi connectivity index (χ0) is 21.8. The summed E-state index contributed by atoms with van der Waals surface area (Å²) in [7, 11) is 0. The molecule has 2 unspecified atom stereocenters. The Morgan fingerprint density at radius 3 is 2.42 bits per heavy atom. The molecule has 2 aliphatic heterocycles. The molecule has 2 heterocycles. The van der Waals surface area contributed by atoms with Gasteiger partial charge in [-0.2, -0.15) is 5.10 Å². The fraction of sp³-hybridized carbons (Fsp3) is 0.375. The van der Waals surface area contributed by atoms with Gasteiger partial charge in [0.15, 0.2) is 0 Å². The van der Waals surface area contributed by atoms with Gasteiger partial charge in [0.1, 0.15) is 11.8 Å². The van der Waals surface area contributed by atoms with E-state index in [1.54, 1.807) is 5.01 Å². The molecule has 1 fully saturated rings. The number of carbonyl (C=O) groups is 2. The molecule has 0 bridgehead atoms. The molecule has 0 aliphatic carbocycles. The lowest BCUT2D eigenvalue weighted by Crippen LogP contribution is -2.41. The third kappa shape index (κ3) is 4.77. The Bertz CT molecular complexity index is 952. The summed E-state index contributed by atoms with van der Waals surface area (Å²) in [4.78, 5) is 27.4. The molecule has 162 valence electrons. The highest BCUT2D eigenvalue weighted by molar-refractivity contribution is 6.40. The molecule has 0 saturated carbocycles. The molecule has 0 spiro atoms. The average Bonchev–Trinajstić information content (AvgIpc) is 3.46. The van der Waals surface area contributed by atoms with Crippen molar-refractivity contribution in [3.05, 3.63) is 65.7 Å². The predicted octanol–water partition coefficient (Wildman–Crippen LogP) is 2.37. The first-order valence-corrected chi connectivity index (χ1v) is 10.8. The molecule has 7 nitrogen and oxygen atoms in total. The van der Waals surface area contributed by atoms with Gasteiger partial charge in [0.2, 0.25) is 5.91 Å². The van der Waals surface area contributed by atoms with E-state index in [1.807, 2.05) is 30.3 Å². The fourth-order valence-corrected chi connectivity index (χ4v) is 4.28. The number of primary amides is 1. The van der Waals surface area contributed by atoms with Crippen LogP contribution < -0.4 is 16.1 Å². The van der Waals surface area contributed by atoms with E-state index in [0.717, 1.165) is 18.8 Å². The Balaban J connectivity index is 1.48. The Morgan fingerprint density at radius 2 is 1.77 bits per heavy atom. The molecule has 7 heteroatoms. The highest BCUT2D eigenvalue weighted by Gasteiger charge is 2.35. The highest BCUT2D eigenvalue weighted by Crippen LogP contribution is 2.26. The van der Waals surface area contributed by atoms with Gasteiger partial charge < -0.3 is 11.1 Å². The average molecular weight is 420 g/mol. The maximum absolute atomic E-state index is 13.0. The number of nitrogens with zero attached hydrogens (tertiary/aromatic N) is 3. The van der Waals surface area contributed by atoms with Crippen molar-refractivity contribution >= 4 is 23.2 Å². The van der Waals surface area contributed by atoms with Gasteiger partial charge in [0.25, 0.3) is 5.91 Å². The zero-order valence-corrected chi connectivity index (χ0v) is 17.8. The Hall–Kier alpha value is -3.19. The second kappa shape index (κ2) is 9.31. The number of hydrogen-bond donors (Lipinski definition) is 2. The van der Waals surface area contributed by atoms with Gasteiger partial charge in [0, 0.05) is 13.0 Å². The summed E-state index contributed by atoms with van der Waals surface area (Å²) in [5.41, 5.74) is 9.07. The minimum absolute atomic E-state index is 0.117. The summed E-state index contributed by atoms with van der Waals surface area (Å²) in [5, 5.41) is 9.05.